The van der Waals surface area contributed by atoms with Crippen LogP contribution in [0.15, 0.2) is 151 Å². The van der Waals surface area contributed by atoms with E-state index < -0.39 is 6.04 Å². The van der Waals surface area contributed by atoms with Crippen molar-refractivity contribution in [2.75, 3.05) is 11.5 Å². The molecule has 7 rings (SSSR count). The van der Waals surface area contributed by atoms with Crippen LogP contribution in [0.4, 0.5) is 10.1 Å². The van der Waals surface area contributed by atoms with Crippen LogP contribution < -0.4 is 15.0 Å². The van der Waals surface area contributed by atoms with Crippen molar-refractivity contribution in [3.05, 3.63) is 174 Å². The SMILES string of the molecule is C1=CCC=C1.O=C(/C=C/C1=CCC=C1)c1ccc(OCCn2cc(CN[C@@H]3C(=O)N(c4ccc(F)cc4)[C@@H]3/C=C/c3ccccc3)nn2)cc1.[Fe+2]. The van der Waals surface area contributed by atoms with Crippen LogP contribution in [0, 0.1) is 5.82 Å². The molecular weight excluding hydrogens is 685 g/mol. The van der Waals surface area contributed by atoms with Crippen LogP contribution >= 0.6 is 0 Å². The molecule has 3 aromatic carbocycles. The van der Waals surface area contributed by atoms with Gasteiger partial charge in [-0.1, -0.05) is 96.3 Å². The summed E-state index contributed by atoms with van der Waals surface area (Å²) in [7, 11) is 0. The Morgan fingerprint density at radius 2 is 1.71 bits per heavy atom. The maximum Gasteiger partial charge on any atom is 2.00 e. The van der Waals surface area contributed by atoms with Crippen LogP contribution in [0.1, 0.15) is 34.5 Å². The molecule has 0 spiro atoms. The Hall–Kier alpha value is -5.41. The Morgan fingerprint density at radius 1 is 0.941 bits per heavy atom. The van der Waals surface area contributed by atoms with Gasteiger partial charge >= 0.3 is 17.1 Å². The number of amides is 1. The number of ketones is 1. The van der Waals surface area contributed by atoms with E-state index in [4.69, 9.17) is 4.74 Å². The van der Waals surface area contributed by atoms with Crippen molar-refractivity contribution in [2.24, 2.45) is 0 Å². The first-order chi connectivity index (χ1) is 24.5. The van der Waals surface area contributed by atoms with Gasteiger partial charge in [0.1, 0.15) is 24.2 Å². The number of hydrogen-bond acceptors (Lipinski definition) is 6. The number of halogens is 1. The summed E-state index contributed by atoms with van der Waals surface area (Å²) in [6, 6.07) is 22.1. The quantitative estimate of drug-likeness (QED) is 0.0680. The van der Waals surface area contributed by atoms with E-state index in [1.54, 1.807) is 52.1 Å². The Kier molecular flexibility index (Phi) is 13.4. The number of benzene rings is 3. The first-order valence-corrected chi connectivity index (χ1v) is 16.6. The van der Waals surface area contributed by atoms with E-state index in [-0.39, 0.29) is 40.6 Å². The first-order valence-electron chi connectivity index (χ1n) is 16.6. The van der Waals surface area contributed by atoms with E-state index in [1.165, 1.54) is 12.1 Å². The molecule has 1 saturated heterocycles. The molecule has 2 aliphatic carbocycles. The van der Waals surface area contributed by atoms with E-state index in [9.17, 15) is 14.0 Å². The molecule has 0 radical (unpaired) electrons. The van der Waals surface area contributed by atoms with Gasteiger partial charge in [0.2, 0.25) is 5.91 Å². The van der Waals surface area contributed by atoms with Gasteiger partial charge in [-0.15, -0.1) is 5.10 Å². The normalized spacial score (nSPS) is 17.3. The summed E-state index contributed by atoms with van der Waals surface area (Å²) in [6.07, 6.45) is 25.7. The first kappa shape index (κ1) is 36.9. The Bertz CT molecular complexity index is 1940. The zero-order valence-electron chi connectivity index (χ0n) is 27.9. The number of carbonyl (C=O) groups is 2. The fourth-order valence-corrected chi connectivity index (χ4v) is 5.57. The van der Waals surface area contributed by atoms with Gasteiger partial charge in [0, 0.05) is 24.0 Å². The largest absolute Gasteiger partial charge is 2.00 e. The number of β-lactam (4-membered cyclic amide) rings is 1. The predicted molar refractivity (Wildman–Crippen MR) is 194 cm³/mol. The minimum atomic E-state index is -0.467. The molecule has 8 nitrogen and oxygen atoms in total. The summed E-state index contributed by atoms with van der Waals surface area (Å²) >= 11 is 0. The number of allylic oxidation sites excluding steroid dienone is 10. The van der Waals surface area contributed by atoms with Crippen molar-refractivity contribution in [3.8, 4) is 5.75 Å². The van der Waals surface area contributed by atoms with Crippen molar-refractivity contribution in [2.45, 2.75) is 38.0 Å². The van der Waals surface area contributed by atoms with Gasteiger partial charge in [0.05, 0.1) is 18.3 Å². The third-order valence-corrected chi connectivity index (χ3v) is 8.23. The zero-order chi connectivity index (χ0) is 34.5. The molecule has 0 unspecified atom stereocenters. The number of carbonyl (C=O) groups excluding carboxylic acids is 2. The van der Waals surface area contributed by atoms with Crippen LogP contribution in [0.25, 0.3) is 6.08 Å². The van der Waals surface area contributed by atoms with Gasteiger partial charge in [-0.2, -0.15) is 0 Å². The van der Waals surface area contributed by atoms with E-state index >= 15 is 0 Å². The standard InChI is InChI=1S/C36H32FN5O3.C5H6.Fe/c37-29-14-16-31(17-15-29)42-33(20-10-26-6-2-1-3-7-26)35(36(42)44)38-24-30-25-41(40-39-30)22-23-45-32-18-12-28(13-19-32)34(43)21-11-27-8-4-5-9-27;1-2-4-5-3-1;/h1-4,6-21,25,33,35,38H,5,22-24H2;1-4H,5H2;/q;;+2/b20-10+,21-11+;;/t33-,35+;;/m1../s1. The Morgan fingerprint density at radius 3 is 2.39 bits per heavy atom. The van der Waals surface area contributed by atoms with Crippen LogP contribution in [-0.4, -0.2) is 45.4 Å². The van der Waals surface area contributed by atoms with Crippen molar-refractivity contribution in [1.82, 2.24) is 20.3 Å². The van der Waals surface area contributed by atoms with Gasteiger partial charge in [-0.05, 0) is 78.6 Å². The molecule has 1 N–H and O–H groups in total. The maximum absolute atomic E-state index is 13.5. The number of anilines is 1. The Balaban J connectivity index is 0.000000774. The minimum absolute atomic E-state index is 0. The molecular formula is C41H38FFeN5O3+2. The molecule has 51 heavy (non-hydrogen) atoms. The van der Waals surface area contributed by atoms with Gasteiger partial charge in [-0.3, -0.25) is 14.9 Å². The molecule has 4 aromatic rings. The van der Waals surface area contributed by atoms with E-state index in [0.717, 1.165) is 24.0 Å². The summed E-state index contributed by atoms with van der Waals surface area (Å²) < 4.78 is 21.1. The number of ether oxygens (including phenoxy) is 1. The molecule has 258 valence electrons. The van der Waals surface area contributed by atoms with Crippen LogP contribution in [0.5, 0.6) is 5.75 Å². The predicted octanol–water partition coefficient (Wildman–Crippen LogP) is 7.21. The molecule has 3 aliphatic rings. The molecule has 10 heteroatoms. The summed E-state index contributed by atoms with van der Waals surface area (Å²) in [6.45, 7) is 1.19. The number of aromatic nitrogens is 3. The maximum atomic E-state index is 13.5. The van der Waals surface area contributed by atoms with Gasteiger partial charge < -0.3 is 9.64 Å². The molecule has 1 aliphatic heterocycles. The number of nitrogens with zero attached hydrogens (tertiary/aromatic N) is 4. The van der Waals surface area contributed by atoms with E-state index in [1.807, 2.05) is 60.8 Å². The molecule has 2 atom stereocenters. The smallest absolute Gasteiger partial charge is 0.492 e. The monoisotopic (exact) mass is 723 g/mol. The summed E-state index contributed by atoms with van der Waals surface area (Å²) in [5, 5.41) is 11.7. The van der Waals surface area contributed by atoms with Gasteiger partial charge in [0.15, 0.2) is 5.78 Å². The van der Waals surface area contributed by atoms with Crippen molar-refractivity contribution >= 4 is 23.5 Å². The van der Waals surface area contributed by atoms with Crippen LogP contribution in [0.3, 0.4) is 0 Å². The average Bonchev–Trinajstić information content (AvgIpc) is 3.97. The van der Waals surface area contributed by atoms with E-state index in [2.05, 4.69) is 52.1 Å². The van der Waals surface area contributed by atoms with Gasteiger partial charge in [-0.25, -0.2) is 9.07 Å². The second-order valence-electron chi connectivity index (χ2n) is 11.8. The zero-order valence-corrected chi connectivity index (χ0v) is 29.0. The number of hydrogen-bond donors (Lipinski definition) is 1. The van der Waals surface area contributed by atoms with E-state index in [0.29, 0.717) is 42.4 Å². The summed E-state index contributed by atoms with van der Waals surface area (Å²) in [5.74, 6) is 0.145. The summed E-state index contributed by atoms with van der Waals surface area (Å²) in [5.41, 5.74) is 3.99. The average molecular weight is 724 g/mol. The molecule has 0 bridgehead atoms. The molecule has 1 aromatic heterocycles. The third-order valence-electron chi connectivity index (χ3n) is 8.23. The summed E-state index contributed by atoms with van der Waals surface area (Å²) in [4.78, 5) is 27.2. The number of rotatable bonds is 13. The van der Waals surface area contributed by atoms with Crippen molar-refractivity contribution < 1.29 is 35.8 Å². The fraction of sp³-hybridized carbons (Fsp3) is 0.171. The molecule has 2 heterocycles. The van der Waals surface area contributed by atoms with Crippen molar-refractivity contribution in [1.29, 1.82) is 0 Å². The minimum Gasteiger partial charge on any atom is -0.492 e. The molecule has 1 fully saturated rings. The van der Waals surface area contributed by atoms with Gasteiger partial charge in [0.25, 0.3) is 0 Å². The topological polar surface area (TPSA) is 89.4 Å². The third kappa shape index (κ3) is 10.3. The molecule has 0 saturated carbocycles. The van der Waals surface area contributed by atoms with Crippen LogP contribution in [0.2, 0.25) is 0 Å². The molecule has 1 amide bonds. The number of nitrogens with one attached hydrogen (secondary N) is 1. The van der Waals surface area contributed by atoms with Crippen LogP contribution in [-0.2, 0) is 35.0 Å². The van der Waals surface area contributed by atoms with Crippen molar-refractivity contribution in [3.63, 3.8) is 0 Å². The second-order valence-corrected chi connectivity index (χ2v) is 11.8. The Labute approximate surface area is 307 Å². The second kappa shape index (κ2) is 18.5. The fourth-order valence-electron chi connectivity index (χ4n) is 5.57.